The maximum Gasteiger partial charge on any atom is 0.123 e. The zero-order valence-electron chi connectivity index (χ0n) is 8.39. The van der Waals surface area contributed by atoms with Crippen molar-refractivity contribution in [3.63, 3.8) is 0 Å². The first kappa shape index (κ1) is 13.3. The highest BCUT2D eigenvalue weighted by atomic mass is 16.1. The minimum Gasteiger partial charge on any atom is -0.303 e. The largest absolute Gasteiger partial charge is 0.303 e. The first-order valence-electron chi connectivity index (χ1n) is 4.80. The van der Waals surface area contributed by atoms with E-state index in [1.807, 2.05) is 13.8 Å². The smallest absolute Gasteiger partial charge is 0.123 e. The normalized spacial score (nSPS) is 11.3. The van der Waals surface area contributed by atoms with Gasteiger partial charge < -0.3 is 4.79 Å². The molecule has 0 aliphatic rings. The average Bonchev–Trinajstić information content (AvgIpc) is 2.10. The molecule has 0 fully saturated rings. The van der Waals surface area contributed by atoms with Crippen molar-refractivity contribution < 1.29 is 4.79 Å². The van der Waals surface area contributed by atoms with Crippen LogP contribution in [0.15, 0.2) is 0 Å². The molecule has 0 amide bonds. The molecular formula is C10H22O. The lowest BCUT2D eigenvalue weighted by Gasteiger charge is -2.03. The fourth-order valence-electron chi connectivity index (χ4n) is 0.835. The fraction of sp³-hybridized carbons (Fsp3) is 0.900. The number of hydrogen-bond donors (Lipinski definition) is 0. The predicted molar refractivity (Wildman–Crippen MR) is 50.7 cm³/mol. The Bertz CT molecular complexity index is 69.3. The summed E-state index contributed by atoms with van der Waals surface area (Å²) in [5.74, 6) is 0.324. The molecule has 0 spiro atoms. The maximum atomic E-state index is 10.2. The van der Waals surface area contributed by atoms with Gasteiger partial charge in [0.25, 0.3) is 0 Å². The van der Waals surface area contributed by atoms with Gasteiger partial charge in [-0.15, -0.1) is 0 Å². The predicted octanol–water partition coefficient (Wildman–Crippen LogP) is 3.43. The van der Waals surface area contributed by atoms with Crippen molar-refractivity contribution in [2.45, 2.75) is 53.4 Å². The molecule has 0 saturated heterocycles. The quantitative estimate of drug-likeness (QED) is 0.560. The third-order valence-electron chi connectivity index (χ3n) is 1.65. The van der Waals surface area contributed by atoms with Crippen LogP contribution in [0.25, 0.3) is 0 Å². The van der Waals surface area contributed by atoms with E-state index in [-0.39, 0.29) is 0 Å². The molecule has 1 atom stereocenters. The van der Waals surface area contributed by atoms with Crippen molar-refractivity contribution in [2.24, 2.45) is 5.92 Å². The number of unbranched alkanes of at least 4 members (excludes halogenated alkanes) is 1. The molecule has 0 heterocycles. The Morgan fingerprint density at radius 2 is 1.82 bits per heavy atom. The monoisotopic (exact) mass is 158 g/mol. The lowest BCUT2D eigenvalue weighted by Crippen LogP contribution is -1.98. The Morgan fingerprint density at radius 3 is 2.09 bits per heavy atom. The summed E-state index contributed by atoms with van der Waals surface area (Å²) in [5, 5.41) is 0. The second kappa shape index (κ2) is 12.4. The van der Waals surface area contributed by atoms with E-state index >= 15 is 0 Å². The summed E-state index contributed by atoms with van der Waals surface area (Å²) in [4.78, 5) is 10.2. The van der Waals surface area contributed by atoms with Gasteiger partial charge in [0.15, 0.2) is 0 Å². The van der Waals surface area contributed by atoms with Crippen LogP contribution in [0.4, 0.5) is 0 Å². The molecule has 0 N–H and O–H groups in total. The van der Waals surface area contributed by atoms with Gasteiger partial charge in [-0.3, -0.25) is 0 Å². The Hall–Kier alpha value is -0.330. The van der Waals surface area contributed by atoms with Crippen molar-refractivity contribution >= 4 is 6.29 Å². The van der Waals surface area contributed by atoms with E-state index in [0.29, 0.717) is 5.92 Å². The van der Waals surface area contributed by atoms with Crippen LogP contribution in [0.2, 0.25) is 0 Å². The van der Waals surface area contributed by atoms with E-state index < -0.39 is 0 Å². The molecule has 0 aliphatic carbocycles. The van der Waals surface area contributed by atoms with Gasteiger partial charge >= 0.3 is 0 Å². The summed E-state index contributed by atoms with van der Waals surface area (Å²) < 4.78 is 0. The Morgan fingerprint density at radius 1 is 1.27 bits per heavy atom. The van der Waals surface area contributed by atoms with Gasteiger partial charge in [-0.05, 0) is 12.8 Å². The molecule has 1 nitrogen and oxygen atoms in total. The van der Waals surface area contributed by atoms with Crippen molar-refractivity contribution in [1.29, 1.82) is 0 Å². The van der Waals surface area contributed by atoms with E-state index in [0.717, 1.165) is 19.1 Å². The Balaban J connectivity index is 0. The molecule has 1 heteroatoms. The van der Waals surface area contributed by atoms with Crippen molar-refractivity contribution in [2.75, 3.05) is 0 Å². The second-order valence-corrected chi connectivity index (χ2v) is 2.45. The number of rotatable bonds is 5. The highest BCUT2D eigenvalue weighted by Gasteiger charge is 2.01. The van der Waals surface area contributed by atoms with Crippen molar-refractivity contribution in [3.05, 3.63) is 0 Å². The molecule has 0 aromatic rings. The van der Waals surface area contributed by atoms with Crippen LogP contribution in [0.1, 0.15) is 53.4 Å². The number of aldehydes is 1. The standard InChI is InChI=1S/C8H16O.C2H6/c1-3-5-6-8(4-2)7-9;1-2/h7-8H,3-6H2,1-2H3;1-2H3. The van der Waals surface area contributed by atoms with E-state index in [1.54, 1.807) is 0 Å². The van der Waals surface area contributed by atoms with Crippen LogP contribution in [0.5, 0.6) is 0 Å². The van der Waals surface area contributed by atoms with Crippen molar-refractivity contribution in [3.8, 4) is 0 Å². The molecule has 0 aromatic carbocycles. The van der Waals surface area contributed by atoms with Crippen LogP contribution in [-0.4, -0.2) is 6.29 Å². The second-order valence-electron chi connectivity index (χ2n) is 2.45. The van der Waals surface area contributed by atoms with E-state index in [2.05, 4.69) is 13.8 Å². The van der Waals surface area contributed by atoms with E-state index in [1.165, 1.54) is 12.8 Å². The topological polar surface area (TPSA) is 17.1 Å². The fourth-order valence-corrected chi connectivity index (χ4v) is 0.835. The summed E-state index contributed by atoms with van der Waals surface area (Å²) >= 11 is 0. The first-order valence-corrected chi connectivity index (χ1v) is 4.80. The van der Waals surface area contributed by atoms with Crippen LogP contribution in [0, 0.1) is 5.92 Å². The average molecular weight is 158 g/mol. The summed E-state index contributed by atoms with van der Waals surface area (Å²) in [5.41, 5.74) is 0. The van der Waals surface area contributed by atoms with E-state index in [9.17, 15) is 4.79 Å². The highest BCUT2D eigenvalue weighted by molar-refractivity contribution is 5.53. The summed E-state index contributed by atoms with van der Waals surface area (Å²) in [6.45, 7) is 8.21. The van der Waals surface area contributed by atoms with Crippen LogP contribution in [0.3, 0.4) is 0 Å². The van der Waals surface area contributed by atoms with Crippen molar-refractivity contribution in [1.82, 2.24) is 0 Å². The first-order chi connectivity index (χ1) is 5.35. The van der Waals surface area contributed by atoms with Gasteiger partial charge in [0.1, 0.15) is 6.29 Å². The summed E-state index contributed by atoms with van der Waals surface area (Å²) in [7, 11) is 0. The molecule has 0 saturated carbocycles. The lowest BCUT2D eigenvalue weighted by molar-refractivity contribution is -0.111. The highest BCUT2D eigenvalue weighted by Crippen LogP contribution is 2.08. The molecule has 68 valence electrons. The van der Waals surface area contributed by atoms with Gasteiger partial charge in [0.2, 0.25) is 0 Å². The van der Waals surface area contributed by atoms with Crippen LogP contribution in [-0.2, 0) is 4.79 Å². The van der Waals surface area contributed by atoms with Crippen LogP contribution < -0.4 is 0 Å². The minimum atomic E-state index is 0.324. The Labute approximate surface area is 71.2 Å². The van der Waals surface area contributed by atoms with Gasteiger partial charge in [-0.1, -0.05) is 40.5 Å². The molecule has 0 aliphatic heterocycles. The summed E-state index contributed by atoms with van der Waals surface area (Å²) in [6.07, 6.45) is 5.55. The third kappa shape index (κ3) is 9.67. The zero-order valence-corrected chi connectivity index (χ0v) is 8.39. The molecule has 1 unspecified atom stereocenters. The lowest BCUT2D eigenvalue weighted by atomic mass is 10.0. The molecule has 11 heavy (non-hydrogen) atoms. The molecule has 0 bridgehead atoms. The molecular weight excluding hydrogens is 136 g/mol. The molecule has 0 aromatic heterocycles. The van der Waals surface area contributed by atoms with Gasteiger partial charge in [-0.2, -0.15) is 0 Å². The number of carbonyl (C=O) groups is 1. The minimum absolute atomic E-state index is 0.324. The van der Waals surface area contributed by atoms with Gasteiger partial charge in [-0.25, -0.2) is 0 Å². The molecule has 0 rings (SSSR count). The third-order valence-corrected chi connectivity index (χ3v) is 1.65. The van der Waals surface area contributed by atoms with Gasteiger partial charge in [0, 0.05) is 5.92 Å². The zero-order chi connectivity index (χ0) is 9.11. The number of hydrogen-bond acceptors (Lipinski definition) is 1. The van der Waals surface area contributed by atoms with Crippen LogP contribution >= 0.6 is 0 Å². The maximum absolute atomic E-state index is 10.2. The van der Waals surface area contributed by atoms with E-state index in [4.69, 9.17) is 0 Å². The van der Waals surface area contributed by atoms with Gasteiger partial charge in [0.05, 0.1) is 0 Å². The number of carbonyl (C=O) groups excluding carboxylic acids is 1. The Kier molecular flexibility index (Phi) is 14.9. The molecule has 0 radical (unpaired) electrons. The SMILES string of the molecule is CC.CCCCC(C=O)CC. The summed E-state index contributed by atoms with van der Waals surface area (Å²) in [6, 6.07) is 0.